The summed E-state index contributed by atoms with van der Waals surface area (Å²) in [5, 5.41) is 12.9. The van der Waals surface area contributed by atoms with E-state index in [1.54, 1.807) is 34.9 Å². The third kappa shape index (κ3) is 7.54. The Hall–Kier alpha value is -3.93. The predicted octanol–water partition coefficient (Wildman–Crippen LogP) is 6.77. The normalized spacial score (nSPS) is 12.4. The molecule has 0 aliphatic carbocycles. The molecule has 3 aromatic carbocycles. The van der Waals surface area contributed by atoms with Crippen LogP contribution in [0.15, 0.2) is 59.8 Å². The van der Waals surface area contributed by atoms with Crippen LogP contribution >= 0.6 is 35.0 Å². The first kappa shape index (κ1) is 33.4. The van der Waals surface area contributed by atoms with Crippen LogP contribution in [0.25, 0.3) is 5.69 Å². The van der Waals surface area contributed by atoms with E-state index in [1.807, 2.05) is 43.9 Å². The van der Waals surface area contributed by atoms with Crippen LogP contribution < -0.4 is 24.4 Å². The van der Waals surface area contributed by atoms with E-state index in [9.17, 15) is 9.59 Å². The Labute approximate surface area is 282 Å². The quantitative estimate of drug-likeness (QED) is 0.154. The lowest BCUT2D eigenvalue weighted by Gasteiger charge is -2.29. The van der Waals surface area contributed by atoms with Gasteiger partial charge in [-0.25, -0.2) is 0 Å². The first-order valence-corrected chi connectivity index (χ1v) is 16.8. The first-order chi connectivity index (χ1) is 22.3. The minimum atomic E-state index is -0.373. The van der Waals surface area contributed by atoms with Gasteiger partial charge in [0.05, 0.1) is 47.9 Å². The number of carbonyl (C=O) groups is 2. The van der Waals surface area contributed by atoms with Gasteiger partial charge in [-0.2, -0.15) is 0 Å². The number of rotatable bonds is 13. The summed E-state index contributed by atoms with van der Waals surface area (Å²) in [6.07, 6.45) is 1.85. The van der Waals surface area contributed by atoms with Gasteiger partial charge < -0.3 is 24.4 Å². The number of aromatic nitrogens is 3. The minimum absolute atomic E-state index is 0.0265. The zero-order valence-corrected chi connectivity index (χ0v) is 28.2. The molecule has 4 aromatic rings. The second-order valence-electron chi connectivity index (χ2n) is 10.2. The molecule has 5 rings (SSSR count). The van der Waals surface area contributed by atoms with E-state index in [1.165, 1.54) is 17.3 Å². The Kier molecular flexibility index (Phi) is 11.3. The number of fused-ring (bicyclic) bond motifs is 1. The van der Waals surface area contributed by atoms with Crippen LogP contribution in [0, 0.1) is 0 Å². The number of benzene rings is 3. The van der Waals surface area contributed by atoms with E-state index in [0.29, 0.717) is 75.9 Å². The Balaban J connectivity index is 1.39. The van der Waals surface area contributed by atoms with Crippen molar-refractivity contribution in [2.24, 2.45) is 0 Å². The molecule has 0 unspecified atom stereocenters. The molecule has 0 fully saturated rings. The van der Waals surface area contributed by atoms with E-state index in [0.717, 1.165) is 18.5 Å². The van der Waals surface area contributed by atoms with Gasteiger partial charge in [0.25, 0.3) is 5.91 Å². The van der Waals surface area contributed by atoms with Gasteiger partial charge in [-0.15, -0.1) is 10.2 Å². The number of carbonyl (C=O) groups excluding carboxylic acids is 2. The highest BCUT2D eigenvalue weighted by Gasteiger charge is 2.24. The molecule has 2 heterocycles. The maximum Gasteiger partial charge on any atom is 0.251 e. The highest BCUT2D eigenvalue weighted by Crippen LogP contribution is 2.39. The second-order valence-corrected chi connectivity index (χ2v) is 11.9. The van der Waals surface area contributed by atoms with Gasteiger partial charge in [-0.1, -0.05) is 53.2 Å². The molecule has 0 saturated heterocycles. The summed E-state index contributed by atoms with van der Waals surface area (Å²) < 4.78 is 19.1. The van der Waals surface area contributed by atoms with E-state index in [-0.39, 0.29) is 24.1 Å². The van der Waals surface area contributed by atoms with Gasteiger partial charge in [-0.3, -0.25) is 14.2 Å². The van der Waals surface area contributed by atoms with Gasteiger partial charge in [0.1, 0.15) is 0 Å². The Morgan fingerprint density at radius 1 is 0.913 bits per heavy atom. The number of anilines is 1. The van der Waals surface area contributed by atoms with Crippen molar-refractivity contribution in [1.82, 2.24) is 20.1 Å². The van der Waals surface area contributed by atoms with Crippen LogP contribution in [-0.2, 0) is 17.8 Å². The third-order valence-corrected chi connectivity index (χ3v) is 8.83. The fraction of sp³-hybridized carbons (Fsp3) is 0.333. The molecule has 1 aromatic heterocycles. The smallest absolute Gasteiger partial charge is 0.251 e. The molecule has 0 radical (unpaired) electrons. The summed E-state index contributed by atoms with van der Waals surface area (Å²) >= 11 is 13.9. The molecular formula is C33H35Cl2N5O5S. The highest BCUT2D eigenvalue weighted by atomic mass is 35.5. The van der Waals surface area contributed by atoms with E-state index in [4.69, 9.17) is 37.4 Å². The lowest BCUT2D eigenvalue weighted by Crippen LogP contribution is -2.36. The molecule has 1 N–H and O–H groups in total. The standard InChI is InChI=1S/C33H35Cl2N5O5S/c1-4-43-27-16-22(17-28(44-5-2)31(27)45-6-3)32(42)36-19-29-37-38-33(40(29)23-13-14-24(34)25(35)18-23)46-20-30(41)39-15-9-11-21-10-7-8-12-26(21)39/h7-8,10,12-14,16-18H,4-6,9,11,15,19-20H2,1-3H3,(H,36,42). The molecule has 46 heavy (non-hydrogen) atoms. The van der Waals surface area contributed by atoms with Crippen molar-refractivity contribution in [3.05, 3.63) is 81.6 Å². The summed E-state index contributed by atoms with van der Waals surface area (Å²) in [6.45, 7) is 7.45. The number of nitrogens with one attached hydrogen (secondary N) is 1. The summed E-state index contributed by atoms with van der Waals surface area (Å²) in [6, 6.07) is 16.4. The summed E-state index contributed by atoms with van der Waals surface area (Å²) in [5.41, 5.74) is 3.08. The molecule has 2 amide bonds. The molecule has 1 aliphatic rings. The maximum atomic E-state index is 13.4. The predicted molar refractivity (Wildman–Crippen MR) is 180 cm³/mol. The monoisotopic (exact) mass is 683 g/mol. The molecule has 242 valence electrons. The van der Waals surface area contributed by atoms with E-state index < -0.39 is 0 Å². The number of hydrogen-bond acceptors (Lipinski definition) is 8. The topological polar surface area (TPSA) is 108 Å². The number of nitrogens with zero attached hydrogens (tertiary/aromatic N) is 4. The van der Waals surface area contributed by atoms with Crippen molar-refractivity contribution in [2.45, 2.75) is 45.3 Å². The molecule has 0 bridgehead atoms. The van der Waals surface area contributed by atoms with Gasteiger partial charge in [0.15, 0.2) is 22.5 Å². The van der Waals surface area contributed by atoms with Gasteiger partial charge in [-0.05, 0) is 75.6 Å². The maximum absolute atomic E-state index is 13.4. The molecule has 0 saturated carbocycles. The highest BCUT2D eigenvalue weighted by molar-refractivity contribution is 7.99. The van der Waals surface area contributed by atoms with Crippen LogP contribution in [0.4, 0.5) is 5.69 Å². The minimum Gasteiger partial charge on any atom is -0.490 e. The zero-order valence-electron chi connectivity index (χ0n) is 25.8. The van der Waals surface area contributed by atoms with Crippen molar-refractivity contribution in [2.75, 3.05) is 37.0 Å². The van der Waals surface area contributed by atoms with Crippen LogP contribution in [0.5, 0.6) is 17.2 Å². The largest absolute Gasteiger partial charge is 0.490 e. The Morgan fingerprint density at radius 2 is 1.63 bits per heavy atom. The third-order valence-electron chi connectivity index (χ3n) is 7.18. The van der Waals surface area contributed by atoms with E-state index >= 15 is 0 Å². The van der Waals surface area contributed by atoms with Crippen molar-refractivity contribution in [3.63, 3.8) is 0 Å². The van der Waals surface area contributed by atoms with Crippen molar-refractivity contribution in [1.29, 1.82) is 0 Å². The van der Waals surface area contributed by atoms with Crippen LogP contribution in [0.3, 0.4) is 0 Å². The number of aryl methyl sites for hydroxylation is 1. The number of thioether (sulfide) groups is 1. The van der Waals surface area contributed by atoms with Crippen LogP contribution in [0.2, 0.25) is 10.0 Å². The average Bonchev–Trinajstić information content (AvgIpc) is 3.47. The molecule has 0 atom stereocenters. The van der Waals surface area contributed by atoms with Crippen molar-refractivity contribution < 1.29 is 23.8 Å². The average molecular weight is 685 g/mol. The Morgan fingerprint density at radius 3 is 2.33 bits per heavy atom. The lowest BCUT2D eigenvalue weighted by molar-refractivity contribution is -0.116. The molecule has 13 heteroatoms. The van der Waals surface area contributed by atoms with E-state index in [2.05, 4.69) is 21.6 Å². The number of amides is 2. The summed E-state index contributed by atoms with van der Waals surface area (Å²) in [4.78, 5) is 28.7. The SMILES string of the molecule is CCOc1cc(C(=O)NCc2nnc(SCC(=O)N3CCCc4ccccc43)n2-c2ccc(Cl)c(Cl)c2)cc(OCC)c1OCC. The number of ether oxygens (including phenoxy) is 3. The molecular weight excluding hydrogens is 649 g/mol. The summed E-state index contributed by atoms with van der Waals surface area (Å²) in [7, 11) is 0. The van der Waals surface area contributed by atoms with Crippen LogP contribution in [-0.4, -0.2) is 58.7 Å². The van der Waals surface area contributed by atoms with Gasteiger partial charge >= 0.3 is 0 Å². The lowest BCUT2D eigenvalue weighted by atomic mass is 10.0. The Bertz CT molecular complexity index is 1690. The van der Waals surface area contributed by atoms with Crippen molar-refractivity contribution in [3.8, 4) is 22.9 Å². The van der Waals surface area contributed by atoms with Crippen molar-refractivity contribution >= 4 is 52.5 Å². The van der Waals surface area contributed by atoms with Gasteiger partial charge in [0, 0.05) is 17.8 Å². The fourth-order valence-corrected chi connectivity index (χ4v) is 6.31. The van der Waals surface area contributed by atoms with Crippen LogP contribution in [0.1, 0.15) is 48.9 Å². The number of halogens is 2. The molecule has 0 spiro atoms. The molecule has 1 aliphatic heterocycles. The first-order valence-electron chi connectivity index (χ1n) is 15.1. The molecule has 10 nitrogen and oxygen atoms in total. The second kappa shape index (κ2) is 15.6. The zero-order chi connectivity index (χ0) is 32.6. The summed E-state index contributed by atoms with van der Waals surface area (Å²) in [5.74, 6) is 1.46. The number of hydrogen-bond donors (Lipinski definition) is 1. The number of para-hydroxylation sites is 1. The fourth-order valence-electron chi connectivity index (χ4n) is 5.17. The van der Waals surface area contributed by atoms with Gasteiger partial charge in [0.2, 0.25) is 11.7 Å².